The van der Waals surface area contributed by atoms with Crippen LogP contribution in [0.3, 0.4) is 0 Å². The summed E-state index contributed by atoms with van der Waals surface area (Å²) in [6, 6.07) is 6.67. The number of halogens is 4. The summed E-state index contributed by atoms with van der Waals surface area (Å²) in [5, 5.41) is 17.2. The molecule has 1 aromatic heterocycles. The number of anilines is 2. The van der Waals surface area contributed by atoms with E-state index in [4.69, 9.17) is 19.0 Å². The third kappa shape index (κ3) is 6.09. The second-order valence-corrected chi connectivity index (χ2v) is 9.48. The van der Waals surface area contributed by atoms with Crippen molar-refractivity contribution in [3.8, 4) is 17.4 Å². The molecule has 3 aromatic rings. The van der Waals surface area contributed by atoms with Crippen LogP contribution in [-0.2, 0) is 22.3 Å². The van der Waals surface area contributed by atoms with Crippen LogP contribution in [0.4, 0.5) is 29.2 Å². The average molecular weight is 594 g/mol. The van der Waals surface area contributed by atoms with Crippen LogP contribution < -0.4 is 20.1 Å². The number of hydrogen-bond donors (Lipinski definition) is 3. The fraction of sp³-hybridized carbons (Fsp3) is 0.370. The van der Waals surface area contributed by atoms with Crippen LogP contribution in [-0.4, -0.2) is 59.5 Å². The highest BCUT2D eigenvalue weighted by Gasteiger charge is 2.38. The van der Waals surface area contributed by atoms with Crippen LogP contribution in [0, 0.1) is 5.82 Å². The van der Waals surface area contributed by atoms with Crippen LogP contribution in [0.2, 0.25) is 0 Å². The van der Waals surface area contributed by atoms with E-state index in [1.165, 1.54) is 32.4 Å². The molecule has 0 radical (unpaired) electrons. The minimum Gasteiger partial charge on any atom is -0.495 e. The number of benzene rings is 2. The van der Waals surface area contributed by atoms with Crippen molar-refractivity contribution in [3.63, 3.8) is 0 Å². The number of rotatable bonds is 9. The predicted octanol–water partition coefficient (Wildman–Crippen LogP) is 4.46. The summed E-state index contributed by atoms with van der Waals surface area (Å²) in [4.78, 5) is 25.3. The van der Waals surface area contributed by atoms with E-state index in [9.17, 15) is 23.1 Å². The molecule has 1 fully saturated rings. The van der Waals surface area contributed by atoms with E-state index < -0.39 is 35.6 Å². The number of nitrogens with one attached hydrogen (secondary N) is 2. The average Bonchev–Trinajstić information content (AvgIpc) is 3.29. The molecule has 1 saturated heterocycles. The zero-order valence-electron chi connectivity index (χ0n) is 22.5. The van der Waals surface area contributed by atoms with Gasteiger partial charge in [0.1, 0.15) is 29.1 Å². The first-order valence-corrected chi connectivity index (χ1v) is 12.8. The Kier molecular flexibility index (Phi) is 8.45. The van der Waals surface area contributed by atoms with E-state index in [-0.39, 0.29) is 46.8 Å². The predicted molar refractivity (Wildman–Crippen MR) is 139 cm³/mol. The molecule has 42 heavy (non-hydrogen) atoms. The second-order valence-electron chi connectivity index (χ2n) is 9.48. The summed E-state index contributed by atoms with van der Waals surface area (Å²) >= 11 is 0. The van der Waals surface area contributed by atoms with Gasteiger partial charge in [0, 0.05) is 37.1 Å². The SMILES string of the molecule is COc1cc(C(O)NC2CCOCC2)c(F)cc1Nc1ncc(C(F)(F)F)c(Oc2cccc3c2C(=O)N(OC)C3)n1. The van der Waals surface area contributed by atoms with Crippen LogP contribution in [0.1, 0.15) is 46.1 Å². The lowest BCUT2D eigenvalue weighted by Crippen LogP contribution is -2.37. The first kappa shape index (κ1) is 29.4. The van der Waals surface area contributed by atoms with Crippen LogP contribution in [0.5, 0.6) is 17.4 Å². The zero-order chi connectivity index (χ0) is 30.0. The smallest absolute Gasteiger partial charge is 0.423 e. The summed E-state index contributed by atoms with van der Waals surface area (Å²) in [5.74, 6) is -2.75. The lowest BCUT2D eigenvalue weighted by atomic mass is 10.1. The monoisotopic (exact) mass is 593 g/mol. The van der Waals surface area contributed by atoms with Gasteiger partial charge in [-0.15, -0.1) is 0 Å². The number of carbonyl (C=O) groups excluding carboxylic acids is 1. The molecule has 11 nitrogen and oxygen atoms in total. The lowest BCUT2D eigenvalue weighted by molar-refractivity contribution is -0.139. The number of amides is 1. The maximum Gasteiger partial charge on any atom is 0.423 e. The molecule has 0 aliphatic carbocycles. The largest absolute Gasteiger partial charge is 0.495 e. The van der Waals surface area contributed by atoms with Crippen molar-refractivity contribution in [2.45, 2.75) is 37.8 Å². The minimum absolute atomic E-state index is 0.0192. The third-order valence-electron chi connectivity index (χ3n) is 6.83. The van der Waals surface area contributed by atoms with Gasteiger partial charge in [-0.25, -0.2) is 14.4 Å². The first-order valence-electron chi connectivity index (χ1n) is 12.8. The number of aliphatic hydroxyl groups is 1. The standard InChI is InChI=1S/C27H27F4N5O6/c1-39-21-10-16(23(37)33-15-6-8-41-9-7-15)18(28)11-19(21)34-26-32-12-17(27(29,30)31)24(35-26)42-20-5-3-4-14-13-36(40-2)25(38)22(14)20/h3-5,10-12,15,23,33,37H,6-9,13H2,1-2H3,(H,32,34,35). The maximum atomic E-state index is 15.1. The Morgan fingerprint density at radius 2 is 1.93 bits per heavy atom. The summed E-state index contributed by atoms with van der Waals surface area (Å²) in [5.41, 5.74) is -0.874. The topological polar surface area (TPSA) is 127 Å². The zero-order valence-corrected chi connectivity index (χ0v) is 22.5. The number of ether oxygens (including phenoxy) is 3. The molecule has 5 rings (SSSR count). The molecule has 2 aliphatic heterocycles. The van der Waals surface area contributed by atoms with Crippen LogP contribution in [0.15, 0.2) is 36.5 Å². The number of aliphatic hydroxyl groups excluding tert-OH is 1. The minimum atomic E-state index is -4.90. The molecule has 1 atom stereocenters. The molecular weight excluding hydrogens is 566 g/mol. The number of methoxy groups -OCH3 is 1. The molecule has 15 heteroatoms. The van der Waals surface area contributed by atoms with Crippen molar-refractivity contribution >= 4 is 17.5 Å². The fourth-order valence-electron chi connectivity index (χ4n) is 4.68. The molecule has 0 saturated carbocycles. The second kappa shape index (κ2) is 12.1. The molecule has 1 unspecified atom stereocenters. The molecular formula is C27H27F4N5O6. The molecule has 0 bridgehead atoms. The van der Waals surface area contributed by atoms with Crippen molar-refractivity contribution in [2.75, 3.05) is 32.8 Å². The Balaban J connectivity index is 1.44. The van der Waals surface area contributed by atoms with Crippen molar-refractivity contribution in [2.24, 2.45) is 0 Å². The summed E-state index contributed by atoms with van der Waals surface area (Å²) in [6.07, 6.45) is -4.43. The van der Waals surface area contributed by atoms with E-state index in [1.54, 1.807) is 6.07 Å². The van der Waals surface area contributed by atoms with Gasteiger partial charge in [-0.3, -0.25) is 14.9 Å². The van der Waals surface area contributed by atoms with Gasteiger partial charge in [0.2, 0.25) is 11.8 Å². The Morgan fingerprint density at radius 1 is 1.17 bits per heavy atom. The van der Waals surface area contributed by atoms with Gasteiger partial charge in [-0.2, -0.15) is 18.2 Å². The van der Waals surface area contributed by atoms with Crippen LogP contribution in [0.25, 0.3) is 0 Å². The number of alkyl halides is 3. The normalized spacial score (nSPS) is 16.4. The first-order chi connectivity index (χ1) is 20.1. The molecule has 3 heterocycles. The van der Waals surface area contributed by atoms with Gasteiger partial charge in [0.15, 0.2) is 0 Å². The van der Waals surface area contributed by atoms with Gasteiger partial charge in [-0.05, 0) is 30.5 Å². The summed E-state index contributed by atoms with van der Waals surface area (Å²) in [7, 11) is 2.60. The highest BCUT2D eigenvalue weighted by Crippen LogP contribution is 2.40. The summed E-state index contributed by atoms with van der Waals surface area (Å²) in [6.45, 7) is 1.13. The Labute approximate surface area is 237 Å². The fourth-order valence-corrected chi connectivity index (χ4v) is 4.68. The van der Waals surface area contributed by atoms with E-state index in [0.29, 0.717) is 37.8 Å². The number of hydrogen-bond acceptors (Lipinski definition) is 10. The van der Waals surface area contributed by atoms with Gasteiger partial charge in [0.25, 0.3) is 5.91 Å². The lowest BCUT2D eigenvalue weighted by Gasteiger charge is -2.26. The Morgan fingerprint density at radius 3 is 2.62 bits per heavy atom. The number of fused-ring (bicyclic) bond motifs is 1. The van der Waals surface area contributed by atoms with E-state index >= 15 is 4.39 Å². The van der Waals surface area contributed by atoms with Gasteiger partial charge >= 0.3 is 6.18 Å². The number of hydroxylamine groups is 2. The Bertz CT molecular complexity index is 1470. The van der Waals surface area contributed by atoms with Crippen LogP contribution >= 0.6 is 0 Å². The Hall–Kier alpha value is -4.05. The van der Waals surface area contributed by atoms with Crippen molar-refractivity contribution in [3.05, 3.63) is 64.6 Å². The van der Waals surface area contributed by atoms with Crippen molar-refractivity contribution < 1.29 is 46.5 Å². The molecule has 2 aromatic carbocycles. The highest BCUT2D eigenvalue weighted by molar-refractivity contribution is 6.00. The van der Waals surface area contributed by atoms with Gasteiger partial charge in [-0.1, -0.05) is 12.1 Å². The van der Waals surface area contributed by atoms with E-state index in [2.05, 4.69) is 20.6 Å². The van der Waals surface area contributed by atoms with Gasteiger partial charge in [0.05, 0.1) is 32.0 Å². The van der Waals surface area contributed by atoms with Crippen molar-refractivity contribution in [1.82, 2.24) is 20.3 Å². The molecule has 1 amide bonds. The highest BCUT2D eigenvalue weighted by atomic mass is 19.4. The quantitative estimate of drug-likeness (QED) is 0.242. The molecule has 0 spiro atoms. The molecule has 3 N–H and O–H groups in total. The number of carbonyl (C=O) groups is 1. The molecule has 224 valence electrons. The van der Waals surface area contributed by atoms with Crippen molar-refractivity contribution in [1.29, 1.82) is 0 Å². The summed E-state index contributed by atoms with van der Waals surface area (Å²) < 4.78 is 72.8. The molecule has 2 aliphatic rings. The number of nitrogens with zero attached hydrogens (tertiary/aromatic N) is 3. The van der Waals surface area contributed by atoms with E-state index in [0.717, 1.165) is 11.1 Å². The number of aromatic nitrogens is 2. The third-order valence-corrected chi connectivity index (χ3v) is 6.83. The van der Waals surface area contributed by atoms with E-state index in [1.807, 2.05) is 0 Å². The maximum absolute atomic E-state index is 15.1. The van der Waals surface area contributed by atoms with Gasteiger partial charge < -0.3 is 24.6 Å².